The minimum Gasteiger partial charge on any atom is -0.351 e. The Bertz CT molecular complexity index is 833. The van der Waals surface area contributed by atoms with Crippen molar-refractivity contribution in [1.29, 1.82) is 0 Å². The molecule has 0 unspecified atom stereocenters. The van der Waals surface area contributed by atoms with Gasteiger partial charge in [-0.2, -0.15) is 5.10 Å². The van der Waals surface area contributed by atoms with Crippen molar-refractivity contribution in [3.05, 3.63) is 47.3 Å². The molecule has 1 aliphatic rings. The third-order valence-corrected chi connectivity index (χ3v) is 4.76. The fourth-order valence-corrected chi connectivity index (χ4v) is 3.51. The third kappa shape index (κ3) is 4.94. The molecule has 2 aromatic rings. The van der Waals surface area contributed by atoms with Crippen molar-refractivity contribution in [2.24, 2.45) is 5.92 Å². The van der Waals surface area contributed by atoms with Gasteiger partial charge in [-0.05, 0) is 37.0 Å². The van der Waals surface area contributed by atoms with E-state index in [0.717, 1.165) is 5.56 Å². The van der Waals surface area contributed by atoms with E-state index >= 15 is 0 Å². The van der Waals surface area contributed by atoms with Gasteiger partial charge in [0.1, 0.15) is 11.6 Å². The first-order valence-corrected chi connectivity index (χ1v) is 9.54. The normalized spacial score (nSPS) is 19.2. The van der Waals surface area contributed by atoms with Gasteiger partial charge in [0.2, 0.25) is 11.8 Å². The molecule has 0 radical (unpaired) electrons. The highest BCUT2D eigenvalue weighted by atomic mass is 19.1. The van der Waals surface area contributed by atoms with E-state index in [9.17, 15) is 14.0 Å². The highest BCUT2D eigenvalue weighted by Crippen LogP contribution is 2.31. The maximum Gasteiger partial charge on any atom is 0.227 e. The molecule has 0 saturated carbocycles. The average molecular weight is 387 g/mol. The molecule has 1 aromatic carbocycles. The number of hydrogen-bond acceptors (Lipinski definition) is 4. The van der Waals surface area contributed by atoms with E-state index in [1.165, 1.54) is 12.1 Å². The maximum atomic E-state index is 13.1. The van der Waals surface area contributed by atoms with Gasteiger partial charge in [-0.3, -0.25) is 14.7 Å². The predicted molar refractivity (Wildman–Crippen MR) is 102 cm³/mol. The van der Waals surface area contributed by atoms with Gasteiger partial charge in [0, 0.05) is 19.0 Å². The molecule has 8 heteroatoms. The number of aryl methyl sites for hydroxylation is 1. The summed E-state index contributed by atoms with van der Waals surface area (Å²) < 4.78 is 13.1. The summed E-state index contributed by atoms with van der Waals surface area (Å²) in [6.07, 6.45) is 1.17. The van der Waals surface area contributed by atoms with Gasteiger partial charge < -0.3 is 10.2 Å². The largest absolute Gasteiger partial charge is 0.351 e. The molecule has 2 N–H and O–H groups in total. The van der Waals surface area contributed by atoms with E-state index in [1.807, 2.05) is 13.8 Å². The Labute approximate surface area is 163 Å². The number of H-pyrrole nitrogens is 1. The molecule has 150 valence electrons. The number of likely N-dealkylation sites (tertiary alicyclic amines) is 1. The molecule has 7 nitrogen and oxygen atoms in total. The number of hydrogen-bond donors (Lipinski definition) is 2. The van der Waals surface area contributed by atoms with E-state index in [2.05, 4.69) is 20.5 Å². The number of aromatic amines is 1. The second-order valence-electron chi connectivity index (χ2n) is 7.74. The number of rotatable bonds is 6. The van der Waals surface area contributed by atoms with E-state index in [-0.39, 0.29) is 42.1 Å². The van der Waals surface area contributed by atoms with Crippen LogP contribution >= 0.6 is 0 Å². The van der Waals surface area contributed by atoms with Crippen LogP contribution in [0.4, 0.5) is 4.39 Å². The van der Waals surface area contributed by atoms with Gasteiger partial charge in [0.25, 0.3) is 0 Å². The smallest absolute Gasteiger partial charge is 0.227 e. The summed E-state index contributed by atoms with van der Waals surface area (Å²) in [6, 6.07) is 5.46. The molecule has 0 spiro atoms. The van der Waals surface area contributed by atoms with Crippen molar-refractivity contribution >= 4 is 11.8 Å². The second-order valence-corrected chi connectivity index (χ2v) is 7.74. The van der Waals surface area contributed by atoms with Gasteiger partial charge in [0.05, 0.1) is 12.5 Å². The second kappa shape index (κ2) is 8.50. The summed E-state index contributed by atoms with van der Waals surface area (Å²) in [4.78, 5) is 31.2. The number of aromatic nitrogens is 3. The molecule has 1 aromatic heterocycles. The molecule has 28 heavy (non-hydrogen) atoms. The number of carbonyl (C=O) groups excluding carboxylic acids is 2. The number of nitrogens with zero attached hydrogens (tertiary/aromatic N) is 3. The van der Waals surface area contributed by atoms with E-state index in [4.69, 9.17) is 0 Å². The Morgan fingerprint density at radius 3 is 2.64 bits per heavy atom. The SMILES string of the molecule is Cc1nc([C@@H]2C[C@H](NC(=O)CC(C)C)CN2C(=O)Cc2ccc(F)cc2)n[nH]1. The van der Waals surface area contributed by atoms with Crippen LogP contribution in [0.15, 0.2) is 24.3 Å². The highest BCUT2D eigenvalue weighted by molar-refractivity contribution is 5.80. The lowest BCUT2D eigenvalue weighted by molar-refractivity contribution is -0.132. The van der Waals surface area contributed by atoms with Crippen molar-refractivity contribution in [3.63, 3.8) is 0 Å². The van der Waals surface area contributed by atoms with Crippen LogP contribution < -0.4 is 5.32 Å². The van der Waals surface area contributed by atoms with Gasteiger partial charge in [0.15, 0.2) is 5.82 Å². The van der Waals surface area contributed by atoms with Crippen LogP contribution in [0.3, 0.4) is 0 Å². The Hall–Kier alpha value is -2.77. The zero-order valence-corrected chi connectivity index (χ0v) is 16.4. The summed E-state index contributed by atoms with van der Waals surface area (Å²) >= 11 is 0. The number of carbonyl (C=O) groups is 2. The lowest BCUT2D eigenvalue weighted by atomic mass is 10.1. The molecule has 2 heterocycles. The fourth-order valence-electron chi connectivity index (χ4n) is 3.51. The number of halogens is 1. The zero-order chi connectivity index (χ0) is 20.3. The first-order chi connectivity index (χ1) is 13.3. The fraction of sp³-hybridized carbons (Fsp3) is 0.500. The standard InChI is InChI=1S/C20H26FN5O2/c1-12(2)8-18(27)23-16-10-17(20-22-13(3)24-25-20)26(11-16)19(28)9-14-4-6-15(21)7-5-14/h4-7,12,16-17H,8-11H2,1-3H3,(H,23,27)(H,22,24,25)/t16-,17-/m0/s1. The molecule has 2 atom stereocenters. The third-order valence-electron chi connectivity index (χ3n) is 4.76. The lowest BCUT2D eigenvalue weighted by Gasteiger charge is -2.22. The van der Waals surface area contributed by atoms with Crippen molar-refractivity contribution in [2.75, 3.05) is 6.54 Å². The van der Waals surface area contributed by atoms with E-state index in [0.29, 0.717) is 31.0 Å². The molecular formula is C20H26FN5O2. The zero-order valence-electron chi connectivity index (χ0n) is 16.4. The number of amides is 2. The van der Waals surface area contributed by atoms with Crippen LogP contribution in [0.2, 0.25) is 0 Å². The van der Waals surface area contributed by atoms with Crippen LogP contribution in [0.25, 0.3) is 0 Å². The summed E-state index contributed by atoms with van der Waals surface area (Å²) in [7, 11) is 0. The quantitative estimate of drug-likeness (QED) is 0.796. The number of nitrogens with one attached hydrogen (secondary N) is 2. The highest BCUT2D eigenvalue weighted by Gasteiger charge is 2.38. The van der Waals surface area contributed by atoms with Crippen molar-refractivity contribution < 1.29 is 14.0 Å². The Balaban J connectivity index is 1.74. The van der Waals surface area contributed by atoms with Crippen LogP contribution in [0, 0.1) is 18.7 Å². The minimum atomic E-state index is -0.334. The van der Waals surface area contributed by atoms with E-state index in [1.54, 1.807) is 24.0 Å². The lowest BCUT2D eigenvalue weighted by Crippen LogP contribution is -2.39. The van der Waals surface area contributed by atoms with Crippen molar-refractivity contribution in [2.45, 2.75) is 52.1 Å². The molecule has 1 saturated heterocycles. The van der Waals surface area contributed by atoms with E-state index < -0.39 is 0 Å². The first kappa shape index (κ1) is 20.0. The molecule has 0 aliphatic carbocycles. The van der Waals surface area contributed by atoms with Crippen LogP contribution in [-0.4, -0.2) is 44.5 Å². The van der Waals surface area contributed by atoms with Gasteiger partial charge in [-0.15, -0.1) is 0 Å². The Kier molecular flexibility index (Phi) is 6.06. The van der Waals surface area contributed by atoms with Gasteiger partial charge >= 0.3 is 0 Å². The van der Waals surface area contributed by atoms with Crippen molar-refractivity contribution in [3.8, 4) is 0 Å². The van der Waals surface area contributed by atoms with Crippen LogP contribution in [0.1, 0.15) is 49.9 Å². The Morgan fingerprint density at radius 1 is 1.32 bits per heavy atom. The van der Waals surface area contributed by atoms with Gasteiger partial charge in [-0.25, -0.2) is 9.37 Å². The van der Waals surface area contributed by atoms with Crippen LogP contribution in [0.5, 0.6) is 0 Å². The molecule has 2 amide bonds. The summed E-state index contributed by atoms with van der Waals surface area (Å²) in [6.45, 7) is 6.19. The topological polar surface area (TPSA) is 91.0 Å². The summed E-state index contributed by atoms with van der Waals surface area (Å²) in [5.74, 6) is 1.04. The van der Waals surface area contributed by atoms with Crippen LogP contribution in [-0.2, 0) is 16.0 Å². The monoisotopic (exact) mass is 387 g/mol. The molecule has 1 aliphatic heterocycles. The molecule has 3 rings (SSSR count). The van der Waals surface area contributed by atoms with Gasteiger partial charge in [-0.1, -0.05) is 26.0 Å². The first-order valence-electron chi connectivity index (χ1n) is 9.54. The molecule has 1 fully saturated rings. The average Bonchev–Trinajstić information content (AvgIpc) is 3.22. The maximum absolute atomic E-state index is 13.1. The Morgan fingerprint density at radius 2 is 2.04 bits per heavy atom. The van der Waals surface area contributed by atoms with Crippen molar-refractivity contribution in [1.82, 2.24) is 25.4 Å². The minimum absolute atomic E-state index is 0.0160. The summed E-state index contributed by atoms with van der Waals surface area (Å²) in [5, 5.41) is 10.1. The summed E-state index contributed by atoms with van der Waals surface area (Å²) in [5.41, 5.74) is 0.739. The molecule has 0 bridgehead atoms. The predicted octanol–water partition coefficient (Wildman–Crippen LogP) is 2.30. The number of benzene rings is 1. The molecular weight excluding hydrogens is 361 g/mol.